The maximum Gasteiger partial charge on any atom is 0.223 e. The van der Waals surface area contributed by atoms with Crippen molar-refractivity contribution in [3.8, 4) is 0 Å². The second kappa shape index (κ2) is 4.92. The van der Waals surface area contributed by atoms with Gasteiger partial charge in [-0.2, -0.15) is 5.10 Å². The minimum Gasteiger partial charge on any atom is -0.286 e. The van der Waals surface area contributed by atoms with E-state index in [4.69, 9.17) is 11.6 Å². The lowest BCUT2D eigenvalue weighted by Crippen LogP contribution is -2.13. The zero-order valence-corrected chi connectivity index (χ0v) is 12.4. The number of carbonyl (C=O) groups excluding carboxylic acids is 1. The summed E-state index contributed by atoms with van der Waals surface area (Å²) in [4.78, 5) is 13.0. The van der Waals surface area contributed by atoms with Gasteiger partial charge in [0.1, 0.15) is 5.69 Å². The average Bonchev–Trinajstić information content (AvgIpc) is 2.83. The van der Waals surface area contributed by atoms with Crippen LogP contribution in [0.4, 0.5) is 0 Å². The Morgan fingerprint density at radius 3 is 2.82 bits per heavy atom. The van der Waals surface area contributed by atoms with Crippen LogP contribution in [0.1, 0.15) is 35.3 Å². The lowest BCUT2D eigenvalue weighted by atomic mass is 10.2. The van der Waals surface area contributed by atoms with Crippen LogP contribution < -0.4 is 0 Å². The smallest absolute Gasteiger partial charge is 0.223 e. The number of thiophene rings is 1. The van der Waals surface area contributed by atoms with Gasteiger partial charge in [0.15, 0.2) is 0 Å². The van der Waals surface area contributed by atoms with Gasteiger partial charge in [0.25, 0.3) is 0 Å². The molecule has 0 radical (unpaired) electrons. The summed E-state index contributed by atoms with van der Waals surface area (Å²) in [5.41, 5.74) is 0.449. The fourth-order valence-corrected chi connectivity index (χ4v) is 3.22. The summed E-state index contributed by atoms with van der Waals surface area (Å²) in [6, 6.07) is 1.95. The second-order valence-electron chi connectivity index (χ2n) is 3.81. The zero-order valence-electron chi connectivity index (χ0n) is 9.28. The molecule has 0 atom stereocenters. The lowest BCUT2D eigenvalue weighted by molar-refractivity contribution is 0.103. The van der Waals surface area contributed by atoms with Crippen molar-refractivity contribution in [2.24, 2.45) is 0 Å². The van der Waals surface area contributed by atoms with Gasteiger partial charge in [-0.05, 0) is 41.2 Å². The minimum atomic E-state index is -0.0944. The van der Waals surface area contributed by atoms with Crippen molar-refractivity contribution in [2.75, 3.05) is 0 Å². The van der Waals surface area contributed by atoms with Gasteiger partial charge in [-0.3, -0.25) is 9.48 Å². The fourth-order valence-electron chi connectivity index (χ4n) is 1.51. The molecule has 90 valence electrons. The van der Waals surface area contributed by atoms with Gasteiger partial charge >= 0.3 is 0 Å². The maximum absolute atomic E-state index is 12.4. The molecule has 2 aromatic rings. The minimum absolute atomic E-state index is 0.0944. The predicted octanol–water partition coefficient (Wildman–Crippen LogP) is 4.17. The molecule has 17 heavy (non-hydrogen) atoms. The highest BCUT2D eigenvalue weighted by Crippen LogP contribution is 2.29. The van der Waals surface area contributed by atoms with Crippen LogP contribution >= 0.6 is 38.9 Å². The standard InChI is InChI=1S/C11H10BrClN2OS/c1-6(2)15-9(8(13)5-14-15)10(16)11-7(12)3-4-17-11/h3-6H,1-2H3. The number of aromatic nitrogens is 2. The largest absolute Gasteiger partial charge is 0.286 e. The Kier molecular flexibility index (Phi) is 3.70. The van der Waals surface area contributed by atoms with Crippen LogP contribution in [0, 0.1) is 0 Å². The first-order valence-electron chi connectivity index (χ1n) is 5.03. The molecule has 0 fully saturated rings. The normalized spacial score (nSPS) is 11.1. The molecular formula is C11H10BrClN2OS. The molecule has 0 spiro atoms. The van der Waals surface area contributed by atoms with E-state index in [1.807, 2.05) is 25.3 Å². The van der Waals surface area contributed by atoms with Gasteiger partial charge in [-0.25, -0.2) is 0 Å². The Labute approximate surface area is 117 Å². The molecule has 2 heterocycles. The number of halogens is 2. The molecule has 0 saturated heterocycles. The van der Waals surface area contributed by atoms with E-state index in [0.29, 0.717) is 15.6 Å². The number of rotatable bonds is 3. The molecule has 0 aliphatic heterocycles. The topological polar surface area (TPSA) is 34.9 Å². The van der Waals surface area contributed by atoms with Gasteiger partial charge in [-0.15, -0.1) is 11.3 Å². The molecular weight excluding hydrogens is 324 g/mol. The Bertz CT molecular complexity index is 562. The van der Waals surface area contributed by atoms with Crippen molar-refractivity contribution in [3.05, 3.63) is 37.7 Å². The number of hydrogen-bond donors (Lipinski definition) is 0. The maximum atomic E-state index is 12.4. The van der Waals surface area contributed by atoms with Crippen molar-refractivity contribution < 1.29 is 4.79 Å². The summed E-state index contributed by atoms with van der Waals surface area (Å²) in [5, 5.41) is 6.38. The van der Waals surface area contributed by atoms with E-state index in [0.717, 1.165) is 4.47 Å². The fraction of sp³-hybridized carbons (Fsp3) is 0.273. The molecule has 3 nitrogen and oxygen atoms in total. The lowest BCUT2D eigenvalue weighted by Gasteiger charge is -2.09. The van der Waals surface area contributed by atoms with Crippen molar-refractivity contribution >= 4 is 44.7 Å². The number of carbonyl (C=O) groups is 1. The van der Waals surface area contributed by atoms with Gasteiger partial charge in [0.2, 0.25) is 5.78 Å². The van der Waals surface area contributed by atoms with Crippen LogP contribution in [-0.2, 0) is 0 Å². The summed E-state index contributed by atoms with van der Waals surface area (Å²) in [7, 11) is 0. The first kappa shape index (κ1) is 12.8. The molecule has 0 unspecified atom stereocenters. The van der Waals surface area contributed by atoms with Gasteiger partial charge in [-0.1, -0.05) is 11.6 Å². The predicted molar refractivity (Wildman–Crippen MR) is 73.1 cm³/mol. The van der Waals surface area contributed by atoms with Gasteiger partial charge in [0.05, 0.1) is 16.1 Å². The summed E-state index contributed by atoms with van der Waals surface area (Å²) in [6.07, 6.45) is 1.51. The molecule has 0 N–H and O–H groups in total. The van der Waals surface area contributed by atoms with Crippen LogP contribution in [0.3, 0.4) is 0 Å². The summed E-state index contributed by atoms with van der Waals surface area (Å²) >= 11 is 10.8. The Balaban J connectivity index is 2.51. The highest BCUT2D eigenvalue weighted by atomic mass is 79.9. The first-order chi connectivity index (χ1) is 8.02. The van der Waals surface area contributed by atoms with Crippen molar-refractivity contribution in [1.82, 2.24) is 9.78 Å². The highest BCUT2D eigenvalue weighted by molar-refractivity contribution is 9.10. The number of nitrogens with zero attached hydrogens (tertiary/aromatic N) is 2. The van der Waals surface area contributed by atoms with Crippen LogP contribution in [0.25, 0.3) is 0 Å². The van der Waals surface area contributed by atoms with E-state index in [-0.39, 0.29) is 11.8 Å². The van der Waals surface area contributed by atoms with Crippen LogP contribution in [0.2, 0.25) is 5.02 Å². The average molecular weight is 334 g/mol. The van der Waals surface area contributed by atoms with Crippen molar-refractivity contribution in [2.45, 2.75) is 19.9 Å². The molecule has 0 saturated carbocycles. The molecule has 2 aromatic heterocycles. The molecule has 0 aromatic carbocycles. The third kappa shape index (κ3) is 2.32. The Morgan fingerprint density at radius 1 is 1.59 bits per heavy atom. The van der Waals surface area contributed by atoms with E-state index >= 15 is 0 Å². The quantitative estimate of drug-likeness (QED) is 0.790. The van der Waals surface area contributed by atoms with E-state index < -0.39 is 0 Å². The number of ketones is 1. The Morgan fingerprint density at radius 2 is 2.29 bits per heavy atom. The number of hydrogen-bond acceptors (Lipinski definition) is 3. The molecule has 0 amide bonds. The molecule has 0 aliphatic carbocycles. The van der Waals surface area contributed by atoms with Gasteiger partial charge in [0, 0.05) is 10.5 Å². The first-order valence-corrected chi connectivity index (χ1v) is 7.08. The van der Waals surface area contributed by atoms with E-state index in [2.05, 4.69) is 21.0 Å². The van der Waals surface area contributed by atoms with Crippen molar-refractivity contribution in [3.63, 3.8) is 0 Å². The van der Waals surface area contributed by atoms with E-state index in [1.165, 1.54) is 17.5 Å². The third-order valence-corrected chi connectivity index (χ3v) is 4.39. The summed E-state index contributed by atoms with van der Waals surface area (Å²) in [6.45, 7) is 3.92. The zero-order chi connectivity index (χ0) is 12.6. The van der Waals surface area contributed by atoms with Crippen LogP contribution in [0.15, 0.2) is 22.1 Å². The monoisotopic (exact) mass is 332 g/mol. The van der Waals surface area contributed by atoms with E-state index in [9.17, 15) is 4.79 Å². The summed E-state index contributed by atoms with van der Waals surface area (Å²) in [5.74, 6) is -0.0944. The molecule has 0 aliphatic rings. The highest BCUT2D eigenvalue weighted by Gasteiger charge is 2.23. The Hall–Kier alpha value is -0.650. The van der Waals surface area contributed by atoms with E-state index in [1.54, 1.807) is 4.68 Å². The van der Waals surface area contributed by atoms with Crippen LogP contribution in [-0.4, -0.2) is 15.6 Å². The molecule has 0 bridgehead atoms. The summed E-state index contributed by atoms with van der Waals surface area (Å²) < 4.78 is 2.44. The SMILES string of the molecule is CC(C)n1ncc(Cl)c1C(=O)c1sccc1Br. The molecule has 2 rings (SSSR count). The third-order valence-electron chi connectivity index (χ3n) is 2.28. The molecule has 6 heteroatoms. The second-order valence-corrected chi connectivity index (χ2v) is 5.98. The van der Waals surface area contributed by atoms with Crippen molar-refractivity contribution in [1.29, 1.82) is 0 Å². The van der Waals surface area contributed by atoms with Gasteiger partial charge < -0.3 is 0 Å². The van der Waals surface area contributed by atoms with Crippen LogP contribution in [0.5, 0.6) is 0 Å².